The van der Waals surface area contributed by atoms with Crippen molar-refractivity contribution in [1.29, 1.82) is 0 Å². The highest BCUT2D eigenvalue weighted by atomic mass is 35.5. The van der Waals surface area contributed by atoms with Crippen molar-refractivity contribution < 1.29 is 13.5 Å². The predicted molar refractivity (Wildman–Crippen MR) is 101 cm³/mol. The molecule has 1 N–H and O–H groups in total. The Hall–Kier alpha value is -2.16. The average molecular weight is 411 g/mol. The van der Waals surface area contributed by atoms with Gasteiger partial charge in [0, 0.05) is 35.0 Å². The SMILES string of the molecule is COC1CSc2c(-c3ccc(F)cc3F)c(Cl)cc3c(=O)[nH]c(=O)n(c23)C1. The Morgan fingerprint density at radius 1 is 1.30 bits per heavy atom. The summed E-state index contributed by atoms with van der Waals surface area (Å²) in [5.74, 6) is -1.02. The molecule has 0 saturated heterocycles. The first-order valence-electron chi connectivity index (χ1n) is 8.01. The third kappa shape index (κ3) is 2.97. The molecule has 1 atom stereocenters. The van der Waals surface area contributed by atoms with Crippen molar-refractivity contribution in [3.8, 4) is 11.1 Å². The third-order valence-electron chi connectivity index (χ3n) is 4.52. The Bertz CT molecular complexity index is 1190. The van der Waals surface area contributed by atoms with Crippen molar-refractivity contribution in [2.45, 2.75) is 17.5 Å². The minimum atomic E-state index is -0.778. The maximum atomic E-state index is 14.5. The van der Waals surface area contributed by atoms with Crippen LogP contribution in [0.2, 0.25) is 5.02 Å². The fraction of sp³-hybridized carbons (Fsp3) is 0.222. The second-order valence-electron chi connectivity index (χ2n) is 6.12. The largest absolute Gasteiger partial charge is 0.379 e. The zero-order valence-electron chi connectivity index (χ0n) is 14.0. The van der Waals surface area contributed by atoms with E-state index in [0.717, 1.165) is 12.1 Å². The summed E-state index contributed by atoms with van der Waals surface area (Å²) in [5, 5.41) is 0.368. The smallest absolute Gasteiger partial charge is 0.328 e. The van der Waals surface area contributed by atoms with E-state index in [1.807, 2.05) is 0 Å². The molecule has 0 radical (unpaired) electrons. The summed E-state index contributed by atoms with van der Waals surface area (Å²) in [6, 6.07) is 4.60. The van der Waals surface area contributed by atoms with E-state index in [-0.39, 0.29) is 28.6 Å². The van der Waals surface area contributed by atoms with Gasteiger partial charge in [-0.3, -0.25) is 14.3 Å². The molecule has 5 nitrogen and oxygen atoms in total. The zero-order valence-corrected chi connectivity index (χ0v) is 15.6. The molecule has 0 spiro atoms. The van der Waals surface area contributed by atoms with Crippen molar-refractivity contribution in [1.82, 2.24) is 9.55 Å². The van der Waals surface area contributed by atoms with Crippen LogP contribution in [-0.4, -0.2) is 28.5 Å². The summed E-state index contributed by atoms with van der Waals surface area (Å²) in [4.78, 5) is 27.5. The molecule has 3 aromatic rings. The van der Waals surface area contributed by atoms with E-state index in [0.29, 0.717) is 21.7 Å². The van der Waals surface area contributed by atoms with E-state index in [1.54, 1.807) is 0 Å². The van der Waals surface area contributed by atoms with Crippen LogP contribution < -0.4 is 11.2 Å². The number of aromatic nitrogens is 2. The van der Waals surface area contributed by atoms with Gasteiger partial charge in [-0.2, -0.15) is 0 Å². The van der Waals surface area contributed by atoms with Gasteiger partial charge < -0.3 is 4.74 Å². The van der Waals surface area contributed by atoms with Crippen LogP contribution in [0.15, 0.2) is 38.8 Å². The molecule has 0 fully saturated rings. The third-order valence-corrected chi connectivity index (χ3v) is 6.04. The van der Waals surface area contributed by atoms with Crippen molar-refractivity contribution in [2.75, 3.05) is 12.9 Å². The number of thioether (sulfide) groups is 1. The summed E-state index contributed by atoms with van der Waals surface area (Å²) < 4.78 is 34.7. The first kappa shape index (κ1) is 18.2. The van der Waals surface area contributed by atoms with Gasteiger partial charge in [0.05, 0.1) is 28.6 Å². The topological polar surface area (TPSA) is 64.1 Å². The first-order chi connectivity index (χ1) is 12.9. The molecule has 9 heteroatoms. The molecule has 0 saturated carbocycles. The molecule has 1 aliphatic rings. The molecule has 1 unspecified atom stereocenters. The van der Waals surface area contributed by atoms with E-state index < -0.39 is 22.9 Å². The molecule has 140 valence electrons. The summed E-state index contributed by atoms with van der Waals surface area (Å²) in [6.45, 7) is 0.232. The van der Waals surface area contributed by atoms with Crippen molar-refractivity contribution in [2.24, 2.45) is 0 Å². The molecule has 0 amide bonds. The highest BCUT2D eigenvalue weighted by molar-refractivity contribution is 7.99. The first-order valence-corrected chi connectivity index (χ1v) is 9.37. The Labute approximate surface area is 160 Å². The lowest BCUT2D eigenvalue weighted by atomic mass is 10.0. The van der Waals surface area contributed by atoms with Gasteiger partial charge in [0.2, 0.25) is 0 Å². The zero-order chi connectivity index (χ0) is 19.3. The maximum absolute atomic E-state index is 14.5. The van der Waals surface area contributed by atoms with Crippen LogP contribution in [0.5, 0.6) is 0 Å². The number of hydrogen-bond acceptors (Lipinski definition) is 4. The van der Waals surface area contributed by atoms with Crippen molar-refractivity contribution >= 4 is 34.3 Å². The lowest BCUT2D eigenvalue weighted by Crippen LogP contribution is -2.34. The minimum Gasteiger partial charge on any atom is -0.379 e. The fourth-order valence-electron chi connectivity index (χ4n) is 3.22. The molecule has 1 aromatic heterocycles. The number of H-pyrrole nitrogens is 1. The molecule has 1 aliphatic heterocycles. The lowest BCUT2D eigenvalue weighted by Gasteiger charge is -2.16. The quantitative estimate of drug-likeness (QED) is 0.703. The maximum Gasteiger partial charge on any atom is 0.328 e. The number of ether oxygens (including phenoxy) is 1. The van der Waals surface area contributed by atoms with Crippen LogP contribution in [0, 0.1) is 11.6 Å². The van der Waals surface area contributed by atoms with E-state index in [2.05, 4.69) is 4.98 Å². The Morgan fingerprint density at radius 3 is 2.78 bits per heavy atom. The van der Waals surface area contributed by atoms with Crippen LogP contribution >= 0.6 is 23.4 Å². The van der Waals surface area contributed by atoms with Crippen LogP contribution in [0.3, 0.4) is 0 Å². The number of nitrogens with zero attached hydrogens (tertiary/aromatic N) is 1. The Morgan fingerprint density at radius 2 is 2.07 bits per heavy atom. The number of nitrogens with one attached hydrogen (secondary N) is 1. The highest BCUT2D eigenvalue weighted by Crippen LogP contribution is 2.43. The second-order valence-corrected chi connectivity index (χ2v) is 7.56. The van der Waals surface area contributed by atoms with Gasteiger partial charge in [-0.1, -0.05) is 11.6 Å². The van der Waals surface area contributed by atoms with Crippen LogP contribution in [-0.2, 0) is 11.3 Å². The molecule has 0 aliphatic carbocycles. The highest BCUT2D eigenvalue weighted by Gasteiger charge is 2.26. The van der Waals surface area contributed by atoms with E-state index in [4.69, 9.17) is 16.3 Å². The number of methoxy groups -OCH3 is 1. The van der Waals surface area contributed by atoms with Gasteiger partial charge in [-0.15, -0.1) is 11.8 Å². The molecule has 2 heterocycles. The predicted octanol–water partition coefficient (Wildman–Crippen LogP) is 3.41. The van der Waals surface area contributed by atoms with Gasteiger partial charge in [0.15, 0.2) is 0 Å². The van der Waals surface area contributed by atoms with E-state index >= 15 is 0 Å². The molecular formula is C18H13ClF2N2O3S. The second kappa shape index (κ2) is 6.78. The number of halogens is 3. The Kier molecular flexibility index (Phi) is 4.57. The van der Waals surface area contributed by atoms with Gasteiger partial charge in [-0.05, 0) is 18.2 Å². The summed E-state index contributed by atoms with van der Waals surface area (Å²) >= 11 is 7.72. The van der Waals surface area contributed by atoms with Gasteiger partial charge in [0.25, 0.3) is 5.56 Å². The fourth-order valence-corrected chi connectivity index (χ4v) is 4.90. The van der Waals surface area contributed by atoms with Crippen molar-refractivity contribution in [3.63, 3.8) is 0 Å². The monoisotopic (exact) mass is 410 g/mol. The van der Waals surface area contributed by atoms with Gasteiger partial charge >= 0.3 is 5.69 Å². The van der Waals surface area contributed by atoms with Crippen LogP contribution in [0.4, 0.5) is 8.78 Å². The molecule has 27 heavy (non-hydrogen) atoms. The van der Waals surface area contributed by atoms with Crippen LogP contribution in [0.25, 0.3) is 22.0 Å². The molecule has 4 rings (SSSR count). The number of hydrogen-bond donors (Lipinski definition) is 1. The lowest BCUT2D eigenvalue weighted by molar-refractivity contribution is 0.107. The number of benzene rings is 2. The number of rotatable bonds is 2. The molecule has 2 aromatic carbocycles. The normalized spacial score (nSPS) is 16.5. The molecular weight excluding hydrogens is 398 g/mol. The summed E-state index contributed by atoms with van der Waals surface area (Å²) in [5.41, 5.74) is -0.359. The van der Waals surface area contributed by atoms with E-state index in [1.165, 1.54) is 35.6 Å². The number of aromatic amines is 1. The van der Waals surface area contributed by atoms with Gasteiger partial charge in [-0.25, -0.2) is 13.6 Å². The Balaban J connectivity index is 2.15. The standard InChI is InChI=1S/C18H13ClF2N2O3S/c1-26-9-6-23-15-11(17(24)22-18(23)25)5-12(19)14(16(15)27-7-9)10-3-2-8(20)4-13(10)21/h2-5,9H,6-7H2,1H3,(H,22,24,25). The van der Waals surface area contributed by atoms with Crippen LogP contribution in [0.1, 0.15) is 0 Å². The average Bonchev–Trinajstić information content (AvgIpc) is 2.81. The minimum absolute atomic E-state index is 0.0981. The molecule has 0 bridgehead atoms. The van der Waals surface area contributed by atoms with Gasteiger partial charge in [0.1, 0.15) is 11.6 Å². The summed E-state index contributed by atoms with van der Waals surface area (Å²) in [7, 11) is 1.53. The van der Waals surface area contributed by atoms with E-state index in [9.17, 15) is 18.4 Å². The summed E-state index contributed by atoms with van der Waals surface area (Å²) in [6.07, 6.45) is -0.293. The van der Waals surface area contributed by atoms with Crippen molar-refractivity contribution in [3.05, 3.63) is 61.8 Å².